The minimum absolute atomic E-state index is 0.123. The molecule has 1 saturated heterocycles. The standard InChI is InChI=1S/C18H22ClNO4/c1-12-3-4-14-15(21)11-18(24-16(14)13(12)2)5-8-20(9-6-18)17(22)23-10-7-19/h3-4H,5-11H2,1-2H3. The molecule has 0 unspecified atom stereocenters. The molecule has 2 aliphatic rings. The lowest BCUT2D eigenvalue weighted by molar-refractivity contribution is -0.00902. The molecule has 1 amide bonds. The number of benzene rings is 1. The summed E-state index contributed by atoms with van der Waals surface area (Å²) in [6.07, 6.45) is 1.27. The molecule has 0 bridgehead atoms. The average molecular weight is 352 g/mol. The van der Waals surface area contributed by atoms with Gasteiger partial charge in [-0.05, 0) is 31.0 Å². The number of ketones is 1. The molecule has 0 N–H and O–H groups in total. The lowest BCUT2D eigenvalue weighted by atomic mass is 9.81. The van der Waals surface area contributed by atoms with Gasteiger partial charge in [0.25, 0.3) is 0 Å². The minimum atomic E-state index is -0.508. The smallest absolute Gasteiger partial charge is 0.409 e. The molecule has 0 aromatic heterocycles. The summed E-state index contributed by atoms with van der Waals surface area (Å²) < 4.78 is 11.4. The van der Waals surface area contributed by atoms with E-state index in [1.807, 2.05) is 26.0 Å². The fourth-order valence-corrected chi connectivity index (χ4v) is 3.45. The summed E-state index contributed by atoms with van der Waals surface area (Å²) in [5.41, 5.74) is 2.29. The zero-order chi connectivity index (χ0) is 17.3. The molecule has 0 aliphatic carbocycles. The zero-order valence-electron chi connectivity index (χ0n) is 14.1. The lowest BCUT2D eigenvalue weighted by Gasteiger charge is -2.44. The molecule has 1 aromatic rings. The van der Waals surface area contributed by atoms with Gasteiger partial charge in [0.1, 0.15) is 18.0 Å². The number of carbonyl (C=O) groups is 2. The quantitative estimate of drug-likeness (QED) is 0.765. The van der Waals surface area contributed by atoms with E-state index >= 15 is 0 Å². The second kappa shape index (κ2) is 6.63. The van der Waals surface area contributed by atoms with Gasteiger partial charge in [0.05, 0.1) is 17.9 Å². The van der Waals surface area contributed by atoms with E-state index in [-0.39, 0.29) is 24.4 Å². The predicted octanol–water partition coefficient (Wildman–Crippen LogP) is 3.48. The van der Waals surface area contributed by atoms with Gasteiger partial charge in [-0.15, -0.1) is 11.6 Å². The molecule has 0 radical (unpaired) electrons. The van der Waals surface area contributed by atoms with Crippen LogP contribution in [0.15, 0.2) is 12.1 Å². The number of fused-ring (bicyclic) bond motifs is 1. The molecule has 1 fully saturated rings. The Labute approximate surface area is 146 Å². The van der Waals surface area contributed by atoms with Gasteiger partial charge in [0, 0.05) is 25.9 Å². The number of Topliss-reactive ketones (excluding diaryl/α,β-unsaturated/α-hetero) is 1. The van der Waals surface area contributed by atoms with Crippen LogP contribution >= 0.6 is 11.6 Å². The number of amides is 1. The van der Waals surface area contributed by atoms with Gasteiger partial charge < -0.3 is 14.4 Å². The highest BCUT2D eigenvalue weighted by Crippen LogP contribution is 2.41. The third-order valence-corrected chi connectivity index (χ3v) is 5.17. The van der Waals surface area contributed by atoms with Crippen LogP contribution < -0.4 is 4.74 Å². The first-order valence-corrected chi connectivity index (χ1v) is 8.79. The number of halogens is 1. The largest absolute Gasteiger partial charge is 0.486 e. The molecule has 24 heavy (non-hydrogen) atoms. The van der Waals surface area contributed by atoms with Gasteiger partial charge in [-0.3, -0.25) is 4.79 Å². The van der Waals surface area contributed by atoms with Crippen LogP contribution in [-0.4, -0.2) is 48.0 Å². The number of nitrogens with zero attached hydrogens (tertiary/aromatic N) is 1. The summed E-state index contributed by atoms with van der Waals surface area (Å²) in [7, 11) is 0. The van der Waals surface area contributed by atoms with Gasteiger partial charge in [0.15, 0.2) is 5.78 Å². The highest BCUT2D eigenvalue weighted by atomic mass is 35.5. The van der Waals surface area contributed by atoms with Crippen molar-refractivity contribution < 1.29 is 19.1 Å². The number of aryl methyl sites for hydroxylation is 1. The van der Waals surface area contributed by atoms with Crippen molar-refractivity contribution in [1.29, 1.82) is 0 Å². The van der Waals surface area contributed by atoms with Crippen molar-refractivity contribution in [3.8, 4) is 5.75 Å². The molecule has 6 heteroatoms. The fourth-order valence-electron chi connectivity index (χ4n) is 3.37. The molecule has 2 heterocycles. The van der Waals surface area contributed by atoms with Crippen molar-refractivity contribution in [1.82, 2.24) is 4.90 Å². The number of hydrogen-bond donors (Lipinski definition) is 0. The highest BCUT2D eigenvalue weighted by Gasteiger charge is 2.44. The molecule has 130 valence electrons. The maximum absolute atomic E-state index is 12.6. The van der Waals surface area contributed by atoms with Crippen molar-refractivity contribution in [3.63, 3.8) is 0 Å². The third-order valence-electron chi connectivity index (χ3n) is 5.01. The maximum atomic E-state index is 12.6. The second-order valence-electron chi connectivity index (χ2n) is 6.56. The number of alkyl halides is 1. The average Bonchev–Trinajstić information content (AvgIpc) is 2.57. The number of carbonyl (C=O) groups excluding carboxylic acids is 2. The highest BCUT2D eigenvalue weighted by molar-refractivity contribution is 6.18. The van der Waals surface area contributed by atoms with Crippen LogP contribution in [0.3, 0.4) is 0 Å². The normalized spacial score (nSPS) is 19.0. The molecule has 0 atom stereocenters. The summed E-state index contributed by atoms with van der Waals surface area (Å²) in [5.74, 6) is 1.12. The lowest BCUT2D eigenvalue weighted by Crippen LogP contribution is -2.52. The Morgan fingerprint density at radius 2 is 2.04 bits per heavy atom. The van der Waals surface area contributed by atoms with Crippen LogP contribution in [0, 0.1) is 13.8 Å². The van der Waals surface area contributed by atoms with Gasteiger partial charge in [0.2, 0.25) is 0 Å². The van der Waals surface area contributed by atoms with Crippen molar-refractivity contribution in [2.45, 2.75) is 38.7 Å². The molecule has 2 aliphatic heterocycles. The Kier molecular flexibility index (Phi) is 4.72. The van der Waals surface area contributed by atoms with Gasteiger partial charge in [-0.2, -0.15) is 0 Å². The first-order chi connectivity index (χ1) is 11.5. The van der Waals surface area contributed by atoms with E-state index < -0.39 is 5.60 Å². The summed E-state index contributed by atoms with van der Waals surface area (Å²) in [6, 6.07) is 3.81. The molecular formula is C18H22ClNO4. The van der Waals surface area contributed by atoms with E-state index in [1.165, 1.54) is 0 Å². The molecule has 3 rings (SSSR count). The third kappa shape index (κ3) is 3.09. The van der Waals surface area contributed by atoms with E-state index in [9.17, 15) is 9.59 Å². The first-order valence-electron chi connectivity index (χ1n) is 8.26. The Bertz CT molecular complexity index is 665. The fraction of sp³-hybridized carbons (Fsp3) is 0.556. The Morgan fingerprint density at radius 3 is 2.71 bits per heavy atom. The van der Waals surface area contributed by atoms with Gasteiger partial charge in [-0.1, -0.05) is 6.07 Å². The number of piperidine rings is 1. The van der Waals surface area contributed by atoms with Gasteiger partial charge >= 0.3 is 6.09 Å². The van der Waals surface area contributed by atoms with Crippen LogP contribution in [0.5, 0.6) is 5.75 Å². The second-order valence-corrected chi connectivity index (χ2v) is 6.94. The molecule has 5 nitrogen and oxygen atoms in total. The van der Waals surface area contributed by atoms with E-state index in [1.54, 1.807) is 4.90 Å². The summed E-state index contributed by atoms with van der Waals surface area (Å²) >= 11 is 5.54. The van der Waals surface area contributed by atoms with Crippen molar-refractivity contribution in [2.75, 3.05) is 25.6 Å². The number of ether oxygens (including phenoxy) is 2. The van der Waals surface area contributed by atoms with E-state index in [4.69, 9.17) is 21.1 Å². The molecule has 0 saturated carbocycles. The Balaban J connectivity index is 1.74. The summed E-state index contributed by atoms with van der Waals surface area (Å²) in [4.78, 5) is 26.2. The molecule has 1 spiro atoms. The Hall–Kier alpha value is -1.75. The summed E-state index contributed by atoms with van der Waals surface area (Å²) in [5, 5.41) is 0. The Morgan fingerprint density at radius 1 is 1.33 bits per heavy atom. The minimum Gasteiger partial charge on any atom is -0.486 e. The van der Waals surface area contributed by atoms with Crippen LogP contribution in [0.4, 0.5) is 4.79 Å². The molecular weight excluding hydrogens is 330 g/mol. The molecule has 1 aromatic carbocycles. The van der Waals surface area contributed by atoms with E-state index in [2.05, 4.69) is 0 Å². The van der Waals surface area contributed by atoms with E-state index in [0.29, 0.717) is 43.7 Å². The van der Waals surface area contributed by atoms with Crippen LogP contribution in [0.1, 0.15) is 40.7 Å². The van der Waals surface area contributed by atoms with Crippen LogP contribution in [0.2, 0.25) is 0 Å². The maximum Gasteiger partial charge on any atom is 0.409 e. The van der Waals surface area contributed by atoms with Gasteiger partial charge in [-0.25, -0.2) is 4.79 Å². The first kappa shape index (κ1) is 17.1. The van der Waals surface area contributed by atoms with E-state index in [0.717, 1.165) is 11.1 Å². The summed E-state index contributed by atoms with van der Waals surface area (Å²) in [6.45, 7) is 5.26. The van der Waals surface area contributed by atoms with Crippen molar-refractivity contribution in [3.05, 3.63) is 28.8 Å². The topological polar surface area (TPSA) is 55.8 Å². The van der Waals surface area contributed by atoms with Crippen LogP contribution in [0.25, 0.3) is 0 Å². The monoisotopic (exact) mass is 351 g/mol. The number of rotatable bonds is 2. The number of likely N-dealkylation sites (tertiary alicyclic amines) is 1. The van der Waals surface area contributed by atoms with Crippen molar-refractivity contribution in [2.24, 2.45) is 0 Å². The van der Waals surface area contributed by atoms with Crippen LogP contribution in [-0.2, 0) is 4.74 Å². The number of hydrogen-bond acceptors (Lipinski definition) is 4. The SMILES string of the molecule is Cc1ccc2c(c1C)OC1(CCN(C(=O)OCCCl)CC1)CC2=O. The zero-order valence-corrected chi connectivity index (χ0v) is 14.8. The predicted molar refractivity (Wildman–Crippen MR) is 91.1 cm³/mol. The van der Waals surface area contributed by atoms with Crippen molar-refractivity contribution >= 4 is 23.5 Å².